The topological polar surface area (TPSA) is 56.1 Å². The van der Waals surface area contributed by atoms with E-state index in [-0.39, 0.29) is 5.91 Å². The first kappa shape index (κ1) is 12.4. The van der Waals surface area contributed by atoms with Gasteiger partial charge in [-0.05, 0) is 25.2 Å². The molecule has 94 valence electrons. The molecule has 0 radical (unpaired) electrons. The number of carbonyl (C=O) groups excluding carboxylic acids is 1. The zero-order chi connectivity index (χ0) is 12.3. The third-order valence-electron chi connectivity index (χ3n) is 4.17. The number of hydrogen-bond donors (Lipinski definition) is 1. The minimum Gasteiger partial charge on any atom is -0.353 e. The van der Waals surface area contributed by atoms with Crippen LogP contribution in [0.1, 0.15) is 39.0 Å². The van der Waals surface area contributed by atoms with E-state index in [4.69, 9.17) is 5.26 Å². The zero-order valence-corrected chi connectivity index (χ0v) is 10.5. The van der Waals surface area contributed by atoms with Crippen molar-refractivity contribution in [3.8, 4) is 6.07 Å². The van der Waals surface area contributed by atoms with E-state index in [1.807, 2.05) is 0 Å². The average Bonchev–Trinajstić information content (AvgIpc) is 2.35. The highest BCUT2D eigenvalue weighted by molar-refractivity contribution is 5.77. The van der Waals surface area contributed by atoms with Gasteiger partial charge in [0.1, 0.15) is 0 Å². The molecular formula is C13H21N3O. The van der Waals surface area contributed by atoms with Crippen LogP contribution in [0.15, 0.2) is 0 Å². The van der Waals surface area contributed by atoms with Crippen molar-refractivity contribution in [3.05, 3.63) is 0 Å². The van der Waals surface area contributed by atoms with Gasteiger partial charge >= 0.3 is 0 Å². The number of nitriles is 1. The van der Waals surface area contributed by atoms with Crippen LogP contribution in [0.5, 0.6) is 0 Å². The van der Waals surface area contributed by atoms with Crippen molar-refractivity contribution >= 4 is 5.91 Å². The Kier molecular flexibility index (Phi) is 4.01. The molecule has 1 N–H and O–H groups in total. The Bertz CT molecular complexity index is 323. The number of rotatable bonds is 3. The molecule has 17 heavy (non-hydrogen) atoms. The second kappa shape index (κ2) is 5.50. The molecule has 4 heteroatoms. The van der Waals surface area contributed by atoms with Crippen molar-refractivity contribution in [1.82, 2.24) is 10.2 Å². The van der Waals surface area contributed by atoms with E-state index in [0.29, 0.717) is 30.8 Å². The summed E-state index contributed by atoms with van der Waals surface area (Å²) in [6.07, 6.45) is 4.38. The normalized spacial score (nSPS) is 31.2. The summed E-state index contributed by atoms with van der Waals surface area (Å²) in [5, 5.41) is 11.9. The molecule has 2 heterocycles. The molecule has 0 aromatic rings. The Morgan fingerprint density at radius 1 is 1.59 bits per heavy atom. The van der Waals surface area contributed by atoms with Gasteiger partial charge in [0.25, 0.3) is 0 Å². The highest BCUT2D eigenvalue weighted by Gasteiger charge is 2.35. The average molecular weight is 235 g/mol. The van der Waals surface area contributed by atoms with E-state index in [9.17, 15) is 4.79 Å². The molecule has 2 aliphatic heterocycles. The van der Waals surface area contributed by atoms with Crippen LogP contribution < -0.4 is 5.32 Å². The lowest BCUT2D eigenvalue weighted by Crippen LogP contribution is -2.55. The molecule has 0 spiro atoms. The smallest absolute Gasteiger partial charge is 0.220 e. The number of nitrogens with zero attached hydrogens (tertiary/aromatic N) is 2. The predicted molar refractivity (Wildman–Crippen MR) is 65.2 cm³/mol. The molecular weight excluding hydrogens is 214 g/mol. The van der Waals surface area contributed by atoms with Crippen LogP contribution in [0.25, 0.3) is 0 Å². The van der Waals surface area contributed by atoms with Gasteiger partial charge in [-0.1, -0.05) is 6.92 Å². The van der Waals surface area contributed by atoms with Crippen molar-refractivity contribution < 1.29 is 4.79 Å². The zero-order valence-electron chi connectivity index (χ0n) is 10.5. The van der Waals surface area contributed by atoms with Crippen molar-refractivity contribution in [2.24, 2.45) is 5.92 Å². The van der Waals surface area contributed by atoms with Gasteiger partial charge < -0.3 is 5.32 Å². The fraction of sp³-hybridized carbons (Fsp3) is 0.846. The van der Waals surface area contributed by atoms with Gasteiger partial charge in [-0.3, -0.25) is 9.69 Å². The van der Waals surface area contributed by atoms with Gasteiger partial charge in [0.05, 0.1) is 12.5 Å². The van der Waals surface area contributed by atoms with E-state index in [1.165, 1.54) is 0 Å². The summed E-state index contributed by atoms with van der Waals surface area (Å²) in [6, 6.07) is 3.07. The second-order valence-corrected chi connectivity index (χ2v) is 5.18. The largest absolute Gasteiger partial charge is 0.353 e. The van der Waals surface area contributed by atoms with Crippen LogP contribution in [-0.2, 0) is 4.79 Å². The maximum Gasteiger partial charge on any atom is 0.220 e. The number of likely N-dealkylation sites (tertiary alicyclic amines) is 1. The number of fused-ring (bicyclic) bond motifs is 1. The first-order chi connectivity index (χ1) is 8.24. The van der Waals surface area contributed by atoms with E-state index < -0.39 is 0 Å². The summed E-state index contributed by atoms with van der Waals surface area (Å²) >= 11 is 0. The molecule has 0 aromatic carbocycles. The van der Waals surface area contributed by atoms with Crippen molar-refractivity contribution in [1.29, 1.82) is 5.26 Å². The van der Waals surface area contributed by atoms with E-state index >= 15 is 0 Å². The predicted octanol–water partition coefficient (Wildman–Crippen LogP) is 1.28. The molecule has 1 amide bonds. The van der Waals surface area contributed by atoms with Crippen molar-refractivity contribution in [3.63, 3.8) is 0 Å². The monoisotopic (exact) mass is 235 g/mol. The van der Waals surface area contributed by atoms with Gasteiger partial charge in [-0.25, -0.2) is 0 Å². The summed E-state index contributed by atoms with van der Waals surface area (Å²) in [4.78, 5) is 13.8. The summed E-state index contributed by atoms with van der Waals surface area (Å²) < 4.78 is 0. The minimum atomic E-state index is 0.212. The Morgan fingerprint density at radius 3 is 3.12 bits per heavy atom. The third kappa shape index (κ3) is 2.78. The number of amides is 1. The first-order valence-corrected chi connectivity index (χ1v) is 6.65. The molecule has 3 atom stereocenters. The summed E-state index contributed by atoms with van der Waals surface area (Å²) in [5.41, 5.74) is 0. The van der Waals surface area contributed by atoms with Crippen LogP contribution in [0.2, 0.25) is 0 Å². The van der Waals surface area contributed by atoms with E-state index in [0.717, 1.165) is 32.4 Å². The number of carbonyl (C=O) groups is 1. The van der Waals surface area contributed by atoms with Gasteiger partial charge in [-0.2, -0.15) is 5.26 Å². The van der Waals surface area contributed by atoms with Crippen LogP contribution in [0, 0.1) is 17.2 Å². The Hall–Kier alpha value is -1.08. The maximum absolute atomic E-state index is 11.3. The van der Waals surface area contributed by atoms with Crippen molar-refractivity contribution in [2.75, 3.05) is 13.1 Å². The molecule has 0 aromatic heterocycles. The lowest BCUT2D eigenvalue weighted by Gasteiger charge is -2.43. The SMILES string of the molecule is CCC(CC#N)N1CCC2NC(=O)CCC2C1. The highest BCUT2D eigenvalue weighted by atomic mass is 16.1. The van der Waals surface area contributed by atoms with E-state index in [1.54, 1.807) is 0 Å². The molecule has 2 rings (SSSR count). The quantitative estimate of drug-likeness (QED) is 0.801. The molecule has 3 unspecified atom stereocenters. The minimum absolute atomic E-state index is 0.212. The molecule has 2 saturated heterocycles. The Labute approximate surface area is 103 Å². The van der Waals surface area contributed by atoms with Crippen LogP contribution in [0.4, 0.5) is 0 Å². The van der Waals surface area contributed by atoms with Crippen molar-refractivity contribution in [2.45, 2.75) is 51.1 Å². The van der Waals surface area contributed by atoms with Crippen LogP contribution >= 0.6 is 0 Å². The molecule has 0 aliphatic carbocycles. The van der Waals surface area contributed by atoms with Gasteiger partial charge in [0.15, 0.2) is 0 Å². The summed E-state index contributed by atoms with van der Waals surface area (Å²) in [5.74, 6) is 0.804. The van der Waals surface area contributed by atoms with Crippen LogP contribution in [-0.4, -0.2) is 36.0 Å². The summed E-state index contributed by atoms with van der Waals surface area (Å²) in [7, 11) is 0. The molecule has 2 fully saturated rings. The van der Waals surface area contributed by atoms with Gasteiger partial charge in [0.2, 0.25) is 5.91 Å². The number of piperidine rings is 2. The highest BCUT2D eigenvalue weighted by Crippen LogP contribution is 2.27. The lowest BCUT2D eigenvalue weighted by atomic mass is 9.84. The van der Waals surface area contributed by atoms with E-state index in [2.05, 4.69) is 23.2 Å². The summed E-state index contributed by atoms with van der Waals surface area (Å²) in [6.45, 7) is 4.21. The number of hydrogen-bond acceptors (Lipinski definition) is 3. The molecule has 2 aliphatic rings. The maximum atomic E-state index is 11.3. The van der Waals surface area contributed by atoms with Gasteiger partial charge in [-0.15, -0.1) is 0 Å². The molecule has 0 saturated carbocycles. The fourth-order valence-corrected chi connectivity index (χ4v) is 3.11. The number of nitrogens with one attached hydrogen (secondary N) is 1. The third-order valence-corrected chi connectivity index (χ3v) is 4.17. The molecule has 0 bridgehead atoms. The fourth-order valence-electron chi connectivity index (χ4n) is 3.11. The lowest BCUT2D eigenvalue weighted by molar-refractivity contribution is -0.125. The standard InChI is InChI=1S/C13H21N3O/c1-2-11(5-7-14)16-8-6-12-10(9-16)3-4-13(17)15-12/h10-12H,2-6,8-9H2,1H3,(H,15,17). The Balaban J connectivity index is 1.93. The Morgan fingerprint density at radius 2 is 2.41 bits per heavy atom. The first-order valence-electron chi connectivity index (χ1n) is 6.65. The second-order valence-electron chi connectivity index (χ2n) is 5.18. The van der Waals surface area contributed by atoms with Gasteiger partial charge in [0, 0.05) is 31.6 Å². The molecule has 4 nitrogen and oxygen atoms in total. The van der Waals surface area contributed by atoms with Crippen LogP contribution in [0.3, 0.4) is 0 Å².